The molecule has 0 bridgehead atoms. The van der Waals surface area contributed by atoms with Gasteiger partial charge in [-0.25, -0.2) is 8.78 Å². The predicted molar refractivity (Wildman–Crippen MR) is 114 cm³/mol. The average Bonchev–Trinajstić information content (AvgIpc) is 2.77. The van der Waals surface area contributed by atoms with E-state index in [0.717, 1.165) is 36.2 Å². The maximum absolute atomic E-state index is 14.8. The Labute approximate surface area is 175 Å². The molecule has 156 valence electrons. The van der Waals surface area contributed by atoms with Crippen molar-refractivity contribution in [2.45, 2.75) is 19.4 Å². The van der Waals surface area contributed by atoms with Crippen LogP contribution in [0.5, 0.6) is 11.5 Å². The van der Waals surface area contributed by atoms with E-state index in [1.807, 2.05) is 24.3 Å². The fourth-order valence-corrected chi connectivity index (χ4v) is 4.19. The molecule has 0 aromatic heterocycles. The van der Waals surface area contributed by atoms with Gasteiger partial charge in [0.2, 0.25) is 0 Å². The van der Waals surface area contributed by atoms with Crippen LogP contribution < -0.4 is 9.47 Å². The summed E-state index contributed by atoms with van der Waals surface area (Å²) in [4.78, 5) is 2.28. The number of ether oxygens (including phenoxy) is 2. The molecule has 0 unspecified atom stereocenters. The molecule has 0 saturated heterocycles. The van der Waals surface area contributed by atoms with Gasteiger partial charge in [0.25, 0.3) is 0 Å². The van der Waals surface area contributed by atoms with Gasteiger partial charge < -0.3 is 9.47 Å². The molecule has 3 aromatic carbocycles. The van der Waals surface area contributed by atoms with E-state index in [4.69, 9.17) is 9.47 Å². The molecule has 0 N–H and O–H groups in total. The van der Waals surface area contributed by atoms with Crippen LogP contribution in [0.15, 0.2) is 54.6 Å². The molecule has 0 radical (unpaired) electrons. The molecule has 3 nitrogen and oxygen atoms in total. The van der Waals surface area contributed by atoms with Crippen molar-refractivity contribution in [1.82, 2.24) is 4.90 Å². The van der Waals surface area contributed by atoms with Gasteiger partial charge in [-0.15, -0.1) is 0 Å². The second-order valence-corrected chi connectivity index (χ2v) is 7.47. The van der Waals surface area contributed by atoms with Crippen molar-refractivity contribution in [2.75, 3.05) is 27.3 Å². The smallest absolute Gasteiger partial charge is 0.168 e. The first-order chi connectivity index (χ1) is 14.6. The summed E-state index contributed by atoms with van der Waals surface area (Å²) < 4.78 is 40.0. The van der Waals surface area contributed by atoms with Crippen molar-refractivity contribution in [3.8, 4) is 22.6 Å². The van der Waals surface area contributed by atoms with E-state index in [1.165, 1.54) is 12.1 Å². The molecule has 3 aromatic rings. The van der Waals surface area contributed by atoms with Crippen LogP contribution in [0, 0.1) is 11.6 Å². The molecule has 1 heterocycles. The highest BCUT2D eigenvalue weighted by molar-refractivity contribution is 5.79. The second kappa shape index (κ2) is 8.84. The molecule has 0 aliphatic carbocycles. The molecule has 0 saturated carbocycles. The van der Waals surface area contributed by atoms with E-state index < -0.39 is 0 Å². The van der Waals surface area contributed by atoms with Crippen LogP contribution in [0.4, 0.5) is 8.78 Å². The number of halogens is 2. The van der Waals surface area contributed by atoms with Gasteiger partial charge in [-0.1, -0.05) is 36.4 Å². The normalized spacial score (nSPS) is 13.7. The highest BCUT2D eigenvalue weighted by Crippen LogP contribution is 2.45. The first-order valence-electron chi connectivity index (χ1n) is 10.1. The first kappa shape index (κ1) is 20.4. The molecule has 1 aliphatic rings. The van der Waals surface area contributed by atoms with Crippen molar-refractivity contribution in [1.29, 1.82) is 0 Å². The minimum Gasteiger partial charge on any atom is -0.493 e. The van der Waals surface area contributed by atoms with Gasteiger partial charge in [-0.05, 0) is 47.7 Å². The molecule has 0 fully saturated rings. The van der Waals surface area contributed by atoms with Gasteiger partial charge >= 0.3 is 0 Å². The van der Waals surface area contributed by atoms with Crippen LogP contribution >= 0.6 is 0 Å². The SMILES string of the molecule is COc1cc2c(c(-c3ccccc3F)c1OC)CN(CCc1ccccc1F)CC2. The Balaban J connectivity index is 1.70. The summed E-state index contributed by atoms with van der Waals surface area (Å²) in [5, 5.41) is 0. The van der Waals surface area contributed by atoms with Gasteiger partial charge in [-0.2, -0.15) is 0 Å². The van der Waals surface area contributed by atoms with Gasteiger partial charge in [0.1, 0.15) is 11.6 Å². The summed E-state index contributed by atoms with van der Waals surface area (Å²) >= 11 is 0. The van der Waals surface area contributed by atoms with Crippen LogP contribution in [0.3, 0.4) is 0 Å². The minimum atomic E-state index is -0.297. The van der Waals surface area contributed by atoms with Crippen molar-refractivity contribution >= 4 is 0 Å². The Bertz CT molecular complexity index is 1050. The average molecular weight is 409 g/mol. The zero-order chi connectivity index (χ0) is 21.1. The number of rotatable bonds is 6. The predicted octanol–water partition coefficient (Wildman–Crippen LogP) is 5.25. The largest absolute Gasteiger partial charge is 0.493 e. The third-order valence-electron chi connectivity index (χ3n) is 5.75. The fourth-order valence-electron chi connectivity index (χ4n) is 4.19. The summed E-state index contributed by atoms with van der Waals surface area (Å²) in [6.07, 6.45) is 1.44. The highest BCUT2D eigenvalue weighted by Gasteiger charge is 2.27. The lowest BCUT2D eigenvalue weighted by molar-refractivity contribution is 0.255. The van der Waals surface area contributed by atoms with E-state index in [2.05, 4.69) is 4.90 Å². The molecule has 1 aliphatic heterocycles. The summed E-state index contributed by atoms with van der Waals surface area (Å²) in [6.45, 7) is 2.23. The Hall–Kier alpha value is -2.92. The summed E-state index contributed by atoms with van der Waals surface area (Å²) in [7, 11) is 3.17. The molecule has 5 heteroatoms. The van der Waals surface area contributed by atoms with Gasteiger partial charge in [0.15, 0.2) is 11.5 Å². The zero-order valence-corrected chi connectivity index (χ0v) is 17.3. The molecule has 0 amide bonds. The lowest BCUT2D eigenvalue weighted by Gasteiger charge is -2.32. The molecule has 0 atom stereocenters. The van der Waals surface area contributed by atoms with Crippen molar-refractivity contribution in [3.63, 3.8) is 0 Å². The lowest BCUT2D eigenvalue weighted by Crippen LogP contribution is -2.33. The van der Waals surface area contributed by atoms with Crippen LogP contribution in [-0.2, 0) is 19.4 Å². The number of hydrogen-bond donors (Lipinski definition) is 0. The third kappa shape index (κ3) is 3.90. The number of fused-ring (bicyclic) bond motifs is 1. The monoisotopic (exact) mass is 409 g/mol. The van der Waals surface area contributed by atoms with Gasteiger partial charge in [-0.3, -0.25) is 4.90 Å². The molecular weight excluding hydrogens is 384 g/mol. The minimum absolute atomic E-state index is 0.173. The maximum Gasteiger partial charge on any atom is 0.168 e. The van der Waals surface area contributed by atoms with E-state index in [9.17, 15) is 8.78 Å². The number of nitrogens with zero attached hydrogens (tertiary/aromatic N) is 1. The fraction of sp³-hybridized carbons (Fsp3) is 0.280. The van der Waals surface area contributed by atoms with Crippen molar-refractivity contribution < 1.29 is 18.3 Å². The Morgan fingerprint density at radius 1 is 0.933 bits per heavy atom. The Morgan fingerprint density at radius 2 is 1.67 bits per heavy atom. The molecule has 0 spiro atoms. The number of methoxy groups -OCH3 is 2. The standard InChI is InChI=1S/C25H25F2NO2/c1-29-23-15-18-12-14-28(13-11-17-7-3-5-9-21(17)26)16-20(18)24(25(23)30-2)19-8-4-6-10-22(19)27/h3-10,15H,11-14,16H2,1-2H3. The molecule has 4 rings (SSSR count). The zero-order valence-electron chi connectivity index (χ0n) is 17.3. The van der Waals surface area contributed by atoms with E-state index in [0.29, 0.717) is 35.6 Å². The van der Waals surface area contributed by atoms with E-state index >= 15 is 0 Å². The van der Waals surface area contributed by atoms with Crippen LogP contribution in [0.2, 0.25) is 0 Å². The third-order valence-corrected chi connectivity index (χ3v) is 5.75. The maximum atomic E-state index is 14.8. The number of hydrogen-bond acceptors (Lipinski definition) is 3. The van der Waals surface area contributed by atoms with Gasteiger partial charge in [0.05, 0.1) is 14.2 Å². The van der Waals surface area contributed by atoms with E-state index in [1.54, 1.807) is 32.4 Å². The molecule has 30 heavy (non-hydrogen) atoms. The van der Waals surface area contributed by atoms with Crippen LogP contribution in [-0.4, -0.2) is 32.2 Å². The molecular formula is C25H25F2NO2. The van der Waals surface area contributed by atoms with Crippen LogP contribution in [0.25, 0.3) is 11.1 Å². The van der Waals surface area contributed by atoms with Gasteiger partial charge in [0, 0.05) is 30.8 Å². The quantitative estimate of drug-likeness (QED) is 0.555. The topological polar surface area (TPSA) is 21.7 Å². The van der Waals surface area contributed by atoms with Crippen molar-refractivity contribution in [2.24, 2.45) is 0 Å². The summed E-state index contributed by atoms with van der Waals surface area (Å²) in [5.41, 5.74) is 4.12. The summed E-state index contributed by atoms with van der Waals surface area (Å²) in [6, 6.07) is 15.6. The lowest BCUT2D eigenvalue weighted by atomic mass is 9.89. The van der Waals surface area contributed by atoms with E-state index in [-0.39, 0.29) is 11.6 Å². The van der Waals surface area contributed by atoms with Crippen molar-refractivity contribution in [3.05, 3.63) is 82.9 Å². The van der Waals surface area contributed by atoms with Crippen LogP contribution in [0.1, 0.15) is 16.7 Å². The Morgan fingerprint density at radius 3 is 2.37 bits per heavy atom. The summed E-state index contributed by atoms with van der Waals surface area (Å²) in [5.74, 6) is 0.676. The first-order valence-corrected chi connectivity index (χ1v) is 10.1. The second-order valence-electron chi connectivity index (χ2n) is 7.47. The number of benzene rings is 3. The highest BCUT2D eigenvalue weighted by atomic mass is 19.1. The Kier molecular flexibility index (Phi) is 6.00.